The van der Waals surface area contributed by atoms with Crippen molar-refractivity contribution in [3.05, 3.63) is 59.2 Å². The van der Waals surface area contributed by atoms with E-state index in [0.717, 1.165) is 12.0 Å². The molecule has 3 heteroatoms. The molecule has 98 valence electrons. The average Bonchev–Trinajstić information content (AvgIpc) is 2.44. The molecule has 0 unspecified atom stereocenters. The minimum atomic E-state index is 0.00991. The third kappa shape index (κ3) is 2.60. The molecule has 0 aliphatic heterocycles. The van der Waals surface area contributed by atoms with Crippen LogP contribution in [-0.4, -0.2) is 15.9 Å². The van der Waals surface area contributed by atoms with Crippen molar-refractivity contribution in [3.63, 3.8) is 0 Å². The average molecular weight is 255 g/mol. The minimum Gasteiger partial charge on any atom is -0.508 e. The van der Waals surface area contributed by atoms with Crippen molar-refractivity contribution in [1.29, 1.82) is 5.41 Å². The number of aromatic hydroxyl groups is 2. The molecule has 19 heavy (non-hydrogen) atoms. The van der Waals surface area contributed by atoms with Crippen LogP contribution in [0.1, 0.15) is 30.0 Å². The van der Waals surface area contributed by atoms with Gasteiger partial charge in [-0.05, 0) is 18.6 Å². The Morgan fingerprint density at radius 2 is 1.74 bits per heavy atom. The summed E-state index contributed by atoms with van der Waals surface area (Å²) >= 11 is 0. The Bertz CT molecular complexity index is 591. The van der Waals surface area contributed by atoms with Crippen LogP contribution in [0.2, 0.25) is 0 Å². The highest BCUT2D eigenvalue weighted by atomic mass is 16.3. The van der Waals surface area contributed by atoms with Gasteiger partial charge < -0.3 is 10.2 Å². The lowest BCUT2D eigenvalue weighted by atomic mass is 9.97. The van der Waals surface area contributed by atoms with Crippen molar-refractivity contribution in [2.75, 3.05) is 0 Å². The molecule has 0 fully saturated rings. The molecule has 0 aliphatic carbocycles. The molecule has 0 bridgehead atoms. The van der Waals surface area contributed by atoms with Crippen LogP contribution in [0.5, 0.6) is 11.5 Å². The first-order valence-corrected chi connectivity index (χ1v) is 6.33. The fourth-order valence-electron chi connectivity index (χ4n) is 2.08. The predicted octanol–water partition coefficient (Wildman–Crippen LogP) is 3.47. The van der Waals surface area contributed by atoms with Crippen molar-refractivity contribution in [2.24, 2.45) is 0 Å². The number of nitrogens with one attached hydrogen (secondary N) is 1. The molecular weight excluding hydrogens is 238 g/mol. The first kappa shape index (κ1) is 13.1. The van der Waals surface area contributed by atoms with Gasteiger partial charge >= 0.3 is 0 Å². The normalized spacial score (nSPS) is 10.4. The zero-order chi connectivity index (χ0) is 13.8. The summed E-state index contributed by atoms with van der Waals surface area (Å²) in [5, 5.41) is 28.2. The van der Waals surface area contributed by atoms with Gasteiger partial charge in [-0.3, -0.25) is 5.41 Å². The minimum absolute atomic E-state index is 0.00991. The van der Waals surface area contributed by atoms with E-state index in [1.165, 1.54) is 6.07 Å². The number of hydrogen-bond donors (Lipinski definition) is 3. The molecular formula is C16H17NO2. The van der Waals surface area contributed by atoms with Crippen LogP contribution >= 0.6 is 0 Å². The van der Waals surface area contributed by atoms with Crippen molar-refractivity contribution in [3.8, 4) is 11.5 Å². The van der Waals surface area contributed by atoms with Gasteiger partial charge in [0.25, 0.3) is 0 Å². The number of rotatable bonds is 4. The van der Waals surface area contributed by atoms with Crippen LogP contribution in [0.4, 0.5) is 0 Å². The molecule has 2 aromatic carbocycles. The summed E-state index contributed by atoms with van der Waals surface area (Å²) in [4.78, 5) is 0. The Morgan fingerprint density at radius 3 is 2.37 bits per heavy atom. The standard InChI is InChI=1S/C16H17NO2/c1-2-6-12-14(18)10-9-13(16(12)19)15(17)11-7-4-3-5-8-11/h3-5,7-10,17-19H,2,6H2,1H3. The van der Waals surface area contributed by atoms with Crippen molar-refractivity contribution in [1.82, 2.24) is 0 Å². The van der Waals surface area contributed by atoms with Gasteiger partial charge in [0.2, 0.25) is 0 Å². The molecule has 2 aromatic rings. The fourth-order valence-corrected chi connectivity index (χ4v) is 2.08. The lowest BCUT2D eigenvalue weighted by Gasteiger charge is -2.12. The van der Waals surface area contributed by atoms with E-state index < -0.39 is 0 Å². The summed E-state index contributed by atoms with van der Waals surface area (Å²) in [5.41, 5.74) is 1.97. The van der Waals surface area contributed by atoms with Gasteiger partial charge in [-0.1, -0.05) is 43.7 Å². The molecule has 0 saturated heterocycles. The zero-order valence-electron chi connectivity index (χ0n) is 10.9. The Morgan fingerprint density at radius 1 is 1.05 bits per heavy atom. The SMILES string of the molecule is CCCc1c(O)ccc(C(=N)c2ccccc2)c1O. The largest absolute Gasteiger partial charge is 0.508 e. The molecule has 0 saturated carbocycles. The van der Waals surface area contributed by atoms with Crippen molar-refractivity contribution >= 4 is 5.71 Å². The summed E-state index contributed by atoms with van der Waals surface area (Å²) in [7, 11) is 0. The number of hydrogen-bond acceptors (Lipinski definition) is 3. The molecule has 3 nitrogen and oxygen atoms in total. The lowest BCUT2D eigenvalue weighted by molar-refractivity contribution is 0.437. The second kappa shape index (κ2) is 5.57. The van der Waals surface area contributed by atoms with E-state index in [-0.39, 0.29) is 17.2 Å². The van der Waals surface area contributed by atoms with E-state index in [1.54, 1.807) is 6.07 Å². The summed E-state index contributed by atoms with van der Waals surface area (Å²) in [6.45, 7) is 1.98. The van der Waals surface area contributed by atoms with E-state index in [4.69, 9.17) is 5.41 Å². The third-order valence-electron chi connectivity index (χ3n) is 3.09. The first-order valence-electron chi connectivity index (χ1n) is 6.33. The van der Waals surface area contributed by atoms with E-state index >= 15 is 0 Å². The quantitative estimate of drug-likeness (QED) is 0.732. The van der Waals surface area contributed by atoms with Crippen molar-refractivity contribution < 1.29 is 10.2 Å². The maximum absolute atomic E-state index is 10.2. The van der Waals surface area contributed by atoms with Gasteiger partial charge in [-0.25, -0.2) is 0 Å². The fraction of sp³-hybridized carbons (Fsp3) is 0.188. The lowest BCUT2D eigenvalue weighted by Crippen LogP contribution is -2.03. The highest BCUT2D eigenvalue weighted by Gasteiger charge is 2.15. The van der Waals surface area contributed by atoms with Gasteiger partial charge in [-0.15, -0.1) is 0 Å². The molecule has 0 spiro atoms. The predicted molar refractivity (Wildman–Crippen MR) is 76.1 cm³/mol. The second-order valence-electron chi connectivity index (χ2n) is 4.45. The number of phenolic OH excluding ortho intramolecular Hbond substituents is 2. The van der Waals surface area contributed by atoms with Crippen LogP contribution in [-0.2, 0) is 6.42 Å². The van der Waals surface area contributed by atoms with E-state index in [1.807, 2.05) is 37.3 Å². The van der Waals surface area contributed by atoms with Crippen LogP contribution < -0.4 is 0 Å². The summed E-state index contributed by atoms with van der Waals surface area (Å²) in [6.07, 6.45) is 1.41. The number of phenols is 2. The Labute approximate surface area is 112 Å². The number of benzene rings is 2. The van der Waals surface area contributed by atoms with Crippen LogP contribution in [0.3, 0.4) is 0 Å². The highest BCUT2D eigenvalue weighted by Crippen LogP contribution is 2.32. The molecule has 0 amide bonds. The van der Waals surface area contributed by atoms with E-state index in [2.05, 4.69) is 0 Å². The van der Waals surface area contributed by atoms with Crippen LogP contribution in [0.15, 0.2) is 42.5 Å². The first-order chi connectivity index (χ1) is 9.15. The van der Waals surface area contributed by atoms with Crippen LogP contribution in [0.25, 0.3) is 0 Å². The molecule has 2 rings (SSSR count). The molecule has 0 atom stereocenters. The molecule has 0 aromatic heterocycles. The summed E-state index contributed by atoms with van der Waals surface area (Å²) < 4.78 is 0. The maximum Gasteiger partial charge on any atom is 0.131 e. The Balaban J connectivity index is 2.46. The monoisotopic (exact) mass is 255 g/mol. The maximum atomic E-state index is 10.2. The zero-order valence-corrected chi connectivity index (χ0v) is 10.9. The summed E-state index contributed by atoms with van der Waals surface area (Å²) in [6, 6.07) is 12.4. The molecule has 0 aliphatic rings. The molecule has 0 radical (unpaired) electrons. The van der Waals surface area contributed by atoms with Gasteiger partial charge in [-0.2, -0.15) is 0 Å². The summed E-state index contributed by atoms with van der Waals surface area (Å²) in [5.74, 6) is 0.0969. The topological polar surface area (TPSA) is 64.3 Å². The molecule has 3 N–H and O–H groups in total. The second-order valence-corrected chi connectivity index (χ2v) is 4.45. The van der Waals surface area contributed by atoms with Gasteiger partial charge in [0.1, 0.15) is 11.5 Å². The van der Waals surface area contributed by atoms with Crippen LogP contribution in [0, 0.1) is 5.41 Å². The Kier molecular flexibility index (Phi) is 3.85. The highest BCUT2D eigenvalue weighted by molar-refractivity contribution is 6.12. The van der Waals surface area contributed by atoms with Gasteiger partial charge in [0, 0.05) is 16.7 Å². The van der Waals surface area contributed by atoms with E-state index in [9.17, 15) is 10.2 Å². The smallest absolute Gasteiger partial charge is 0.131 e. The molecule has 0 heterocycles. The third-order valence-corrected chi connectivity index (χ3v) is 3.09. The Hall–Kier alpha value is -2.29. The van der Waals surface area contributed by atoms with Gasteiger partial charge in [0.15, 0.2) is 0 Å². The van der Waals surface area contributed by atoms with Gasteiger partial charge in [0.05, 0.1) is 5.71 Å². The van der Waals surface area contributed by atoms with Crippen molar-refractivity contribution in [2.45, 2.75) is 19.8 Å². The van der Waals surface area contributed by atoms with E-state index in [0.29, 0.717) is 17.5 Å².